The summed E-state index contributed by atoms with van der Waals surface area (Å²) in [6, 6.07) is 0. The molecule has 1 atom stereocenters. The van der Waals surface area contributed by atoms with Crippen molar-refractivity contribution in [2.45, 2.75) is 32.3 Å². The Kier molecular flexibility index (Phi) is 3.86. The number of hydrogen-bond donors (Lipinski definition) is 1. The fourth-order valence-corrected chi connectivity index (χ4v) is 2.61. The third-order valence-electron chi connectivity index (χ3n) is 3.58. The van der Waals surface area contributed by atoms with Gasteiger partial charge in [0, 0.05) is 5.92 Å². The van der Waals surface area contributed by atoms with Crippen molar-refractivity contribution in [3.63, 3.8) is 0 Å². The molecule has 0 bridgehead atoms. The maximum absolute atomic E-state index is 11.9. The van der Waals surface area contributed by atoms with Crippen LogP contribution in [0.1, 0.15) is 26.7 Å². The predicted molar refractivity (Wildman–Crippen MR) is 64.6 cm³/mol. The highest BCUT2D eigenvalue weighted by Gasteiger charge is 2.57. The molecule has 1 rings (SSSR count). The lowest BCUT2D eigenvalue weighted by molar-refractivity contribution is -0.169. The first-order chi connectivity index (χ1) is 8.19. The molecule has 1 aliphatic rings. The lowest BCUT2D eigenvalue weighted by Crippen LogP contribution is -2.40. The number of esters is 2. The minimum atomic E-state index is -1.37. The van der Waals surface area contributed by atoms with Gasteiger partial charge >= 0.3 is 11.9 Å². The minimum Gasteiger partial charge on any atom is -0.468 e. The maximum atomic E-state index is 11.9. The van der Waals surface area contributed by atoms with Crippen LogP contribution in [0.15, 0.2) is 12.2 Å². The number of hydrogen-bond acceptors (Lipinski definition) is 5. The first kappa shape index (κ1) is 14.7. The van der Waals surface area contributed by atoms with E-state index in [1.54, 1.807) is 13.8 Å². The zero-order chi connectivity index (χ0) is 14.1. The molecule has 1 saturated carbocycles. The number of rotatable bonds is 3. The Labute approximate surface area is 107 Å². The molecule has 102 valence electrons. The van der Waals surface area contributed by atoms with Crippen LogP contribution in [-0.4, -0.2) is 36.9 Å². The Morgan fingerprint density at radius 1 is 1.33 bits per heavy atom. The van der Waals surface area contributed by atoms with Gasteiger partial charge in [0.25, 0.3) is 0 Å². The molecule has 0 aliphatic heterocycles. The zero-order valence-electron chi connectivity index (χ0n) is 11.3. The fraction of sp³-hybridized carbons (Fsp3) is 0.692. The highest BCUT2D eigenvalue weighted by molar-refractivity contribution is 6.01. The molecule has 1 aliphatic carbocycles. The molecule has 1 unspecified atom stereocenters. The highest BCUT2D eigenvalue weighted by Crippen LogP contribution is 2.50. The molecule has 0 radical (unpaired) electrons. The lowest BCUT2D eigenvalue weighted by Gasteiger charge is -2.28. The molecule has 18 heavy (non-hydrogen) atoms. The van der Waals surface area contributed by atoms with Crippen LogP contribution in [-0.2, 0) is 19.1 Å². The van der Waals surface area contributed by atoms with Crippen molar-refractivity contribution in [3.8, 4) is 0 Å². The van der Waals surface area contributed by atoms with Gasteiger partial charge in [-0.3, -0.25) is 9.59 Å². The standard InChI is InChI=1S/C13H20O5/c1-8-6-13(10(14)17-4,11(15)18-5)7-9(8)12(2,3)16/h9,16H,1,6-7H2,2-5H3. The van der Waals surface area contributed by atoms with Gasteiger partial charge in [0.05, 0.1) is 19.8 Å². The van der Waals surface area contributed by atoms with Crippen LogP contribution >= 0.6 is 0 Å². The SMILES string of the molecule is C=C1CC(C(=O)OC)(C(=O)OC)CC1C(C)(C)O. The van der Waals surface area contributed by atoms with Crippen LogP contribution < -0.4 is 0 Å². The number of carbonyl (C=O) groups is 2. The average Bonchev–Trinajstić information content (AvgIpc) is 2.66. The van der Waals surface area contributed by atoms with Crippen LogP contribution in [0.5, 0.6) is 0 Å². The quantitative estimate of drug-likeness (QED) is 0.464. The van der Waals surface area contributed by atoms with Crippen molar-refractivity contribution in [2.24, 2.45) is 11.3 Å². The van der Waals surface area contributed by atoms with E-state index in [9.17, 15) is 14.7 Å². The molecule has 1 N–H and O–H groups in total. The molecule has 0 aromatic rings. The number of methoxy groups -OCH3 is 2. The Balaban J connectivity index is 3.15. The second-order valence-corrected chi connectivity index (χ2v) is 5.31. The summed E-state index contributed by atoms with van der Waals surface area (Å²) < 4.78 is 9.41. The van der Waals surface area contributed by atoms with Gasteiger partial charge in [-0.15, -0.1) is 0 Å². The molecular formula is C13H20O5. The van der Waals surface area contributed by atoms with Gasteiger partial charge in [0.1, 0.15) is 0 Å². The van der Waals surface area contributed by atoms with Gasteiger partial charge in [-0.25, -0.2) is 0 Å². The minimum absolute atomic E-state index is 0.154. The number of ether oxygens (including phenoxy) is 2. The van der Waals surface area contributed by atoms with Crippen LogP contribution in [0.4, 0.5) is 0 Å². The van der Waals surface area contributed by atoms with Crippen molar-refractivity contribution in [1.82, 2.24) is 0 Å². The van der Waals surface area contributed by atoms with Gasteiger partial charge < -0.3 is 14.6 Å². The fourth-order valence-electron chi connectivity index (χ4n) is 2.61. The number of carbonyl (C=O) groups excluding carboxylic acids is 2. The second-order valence-electron chi connectivity index (χ2n) is 5.31. The summed E-state index contributed by atoms with van der Waals surface area (Å²) in [5, 5.41) is 10.1. The van der Waals surface area contributed by atoms with E-state index in [1.807, 2.05) is 0 Å². The average molecular weight is 256 g/mol. The van der Waals surface area contributed by atoms with E-state index in [0.717, 1.165) is 0 Å². The van der Waals surface area contributed by atoms with Crippen LogP contribution in [0, 0.1) is 11.3 Å². The van der Waals surface area contributed by atoms with Crippen molar-refractivity contribution >= 4 is 11.9 Å². The molecular weight excluding hydrogens is 236 g/mol. The van der Waals surface area contributed by atoms with Crippen LogP contribution in [0.2, 0.25) is 0 Å². The van der Waals surface area contributed by atoms with Crippen LogP contribution in [0.25, 0.3) is 0 Å². The van der Waals surface area contributed by atoms with E-state index in [-0.39, 0.29) is 18.8 Å². The maximum Gasteiger partial charge on any atom is 0.323 e. The first-order valence-electron chi connectivity index (χ1n) is 5.76. The van der Waals surface area contributed by atoms with Gasteiger partial charge in [-0.2, -0.15) is 0 Å². The summed E-state index contributed by atoms with van der Waals surface area (Å²) in [5.41, 5.74) is -1.75. The molecule has 0 aromatic heterocycles. The monoisotopic (exact) mass is 256 g/mol. The lowest BCUT2D eigenvalue weighted by atomic mass is 9.81. The third-order valence-corrected chi connectivity index (χ3v) is 3.58. The number of aliphatic hydroxyl groups is 1. The van der Waals surface area contributed by atoms with Gasteiger partial charge in [-0.05, 0) is 26.7 Å². The largest absolute Gasteiger partial charge is 0.468 e. The summed E-state index contributed by atoms with van der Waals surface area (Å²) >= 11 is 0. The molecule has 0 saturated heterocycles. The van der Waals surface area contributed by atoms with Crippen molar-refractivity contribution in [1.29, 1.82) is 0 Å². The molecule has 5 nitrogen and oxygen atoms in total. The normalized spacial score (nSPS) is 22.7. The predicted octanol–water partition coefficient (Wildman–Crippen LogP) is 1.06. The van der Waals surface area contributed by atoms with E-state index in [4.69, 9.17) is 9.47 Å². The Hall–Kier alpha value is -1.36. The summed E-state index contributed by atoms with van der Waals surface area (Å²) in [5.74, 6) is -1.61. The third kappa shape index (κ3) is 2.27. The second kappa shape index (κ2) is 4.72. The van der Waals surface area contributed by atoms with E-state index in [0.29, 0.717) is 5.57 Å². The van der Waals surface area contributed by atoms with Crippen molar-refractivity contribution < 1.29 is 24.2 Å². The Bertz CT molecular complexity index is 361. The van der Waals surface area contributed by atoms with E-state index in [2.05, 4.69) is 6.58 Å². The summed E-state index contributed by atoms with van der Waals surface area (Å²) in [6.45, 7) is 7.12. The first-order valence-corrected chi connectivity index (χ1v) is 5.76. The summed E-state index contributed by atoms with van der Waals surface area (Å²) in [6.07, 6.45) is 0.315. The van der Waals surface area contributed by atoms with E-state index >= 15 is 0 Å². The molecule has 5 heteroatoms. The van der Waals surface area contributed by atoms with Crippen molar-refractivity contribution in [3.05, 3.63) is 12.2 Å². The van der Waals surface area contributed by atoms with Gasteiger partial charge in [0.2, 0.25) is 0 Å². The molecule has 0 amide bonds. The Morgan fingerprint density at radius 3 is 2.06 bits per heavy atom. The van der Waals surface area contributed by atoms with Crippen molar-refractivity contribution in [2.75, 3.05) is 14.2 Å². The van der Waals surface area contributed by atoms with E-state index < -0.39 is 23.0 Å². The topological polar surface area (TPSA) is 72.8 Å². The van der Waals surface area contributed by atoms with E-state index in [1.165, 1.54) is 14.2 Å². The smallest absolute Gasteiger partial charge is 0.323 e. The molecule has 1 fully saturated rings. The molecule has 0 spiro atoms. The van der Waals surface area contributed by atoms with Gasteiger partial charge in [-0.1, -0.05) is 12.2 Å². The van der Waals surface area contributed by atoms with Crippen LogP contribution in [0.3, 0.4) is 0 Å². The summed E-state index contributed by atoms with van der Waals surface area (Å²) in [7, 11) is 2.46. The zero-order valence-corrected chi connectivity index (χ0v) is 11.3. The summed E-state index contributed by atoms with van der Waals surface area (Å²) in [4.78, 5) is 23.8. The highest BCUT2D eigenvalue weighted by atomic mass is 16.5. The Morgan fingerprint density at radius 2 is 1.78 bits per heavy atom. The molecule has 0 heterocycles. The van der Waals surface area contributed by atoms with Gasteiger partial charge in [0.15, 0.2) is 5.41 Å². The molecule has 0 aromatic carbocycles.